The smallest absolute Gasteiger partial charge is 0.159 e. The summed E-state index contributed by atoms with van der Waals surface area (Å²) in [5.74, 6) is 0.644. The number of aromatic nitrogens is 2. The van der Waals surface area contributed by atoms with Crippen molar-refractivity contribution in [3.05, 3.63) is 35.4 Å². The maximum Gasteiger partial charge on any atom is 0.159 e. The van der Waals surface area contributed by atoms with Crippen LogP contribution in [0.25, 0.3) is 0 Å². The van der Waals surface area contributed by atoms with E-state index >= 15 is 0 Å². The Kier molecular flexibility index (Phi) is 5.35. The average Bonchev–Trinajstić information content (AvgIpc) is 2.83. The van der Waals surface area contributed by atoms with Crippen LogP contribution in [0.15, 0.2) is 24.5 Å². The van der Waals surface area contributed by atoms with Gasteiger partial charge >= 0.3 is 0 Å². The Labute approximate surface area is 145 Å². The van der Waals surface area contributed by atoms with Crippen molar-refractivity contribution in [1.29, 1.82) is 0 Å². The molecule has 1 aliphatic rings. The topological polar surface area (TPSA) is 75.9 Å². The second-order valence-electron chi connectivity index (χ2n) is 6.07. The van der Waals surface area contributed by atoms with Gasteiger partial charge in [0.15, 0.2) is 11.6 Å². The Balaban J connectivity index is 1.75. The van der Waals surface area contributed by atoms with E-state index in [-0.39, 0.29) is 5.02 Å². The van der Waals surface area contributed by atoms with Gasteiger partial charge in [0.05, 0.1) is 5.02 Å². The molecular weight excluding hydrogens is 329 g/mol. The fourth-order valence-electron chi connectivity index (χ4n) is 2.94. The zero-order valence-corrected chi connectivity index (χ0v) is 14.1. The van der Waals surface area contributed by atoms with E-state index in [9.17, 15) is 4.39 Å². The highest BCUT2D eigenvalue weighted by atomic mass is 35.5. The van der Waals surface area contributed by atoms with Crippen molar-refractivity contribution in [2.75, 3.05) is 16.4 Å². The Morgan fingerprint density at radius 1 is 1.08 bits per heavy atom. The average molecular weight is 350 g/mol. The van der Waals surface area contributed by atoms with Gasteiger partial charge in [-0.3, -0.25) is 0 Å². The van der Waals surface area contributed by atoms with E-state index in [0.717, 1.165) is 12.8 Å². The third-order valence-electron chi connectivity index (χ3n) is 4.26. The lowest BCUT2D eigenvalue weighted by molar-refractivity contribution is 0.618. The standard InChI is InChI=1S/C17H21ClFN5/c18-13-9-12(7-8-14(13)19)24-17-15(20)16(21-10-22-17)23-11-5-3-1-2-4-6-11/h7-11H,1-6,20H2,(H2,21,22,23,24). The molecule has 1 heterocycles. The first-order valence-corrected chi connectivity index (χ1v) is 8.60. The van der Waals surface area contributed by atoms with Gasteiger partial charge in [-0.1, -0.05) is 37.3 Å². The zero-order valence-electron chi connectivity index (χ0n) is 13.4. The van der Waals surface area contributed by atoms with Crippen LogP contribution >= 0.6 is 11.6 Å². The van der Waals surface area contributed by atoms with Gasteiger partial charge in [-0.05, 0) is 31.0 Å². The minimum absolute atomic E-state index is 0.0458. The number of hydrogen-bond donors (Lipinski definition) is 3. The van der Waals surface area contributed by atoms with E-state index in [2.05, 4.69) is 20.6 Å². The minimum atomic E-state index is -0.464. The van der Waals surface area contributed by atoms with Crippen molar-refractivity contribution in [1.82, 2.24) is 9.97 Å². The highest BCUT2D eigenvalue weighted by molar-refractivity contribution is 6.31. The molecule has 1 fully saturated rings. The van der Waals surface area contributed by atoms with Crippen LogP contribution in [0.2, 0.25) is 5.02 Å². The molecule has 0 atom stereocenters. The lowest BCUT2D eigenvalue weighted by Gasteiger charge is -2.19. The Hall–Kier alpha value is -2.08. The van der Waals surface area contributed by atoms with Gasteiger partial charge in [0, 0.05) is 11.7 Å². The third kappa shape index (κ3) is 4.06. The molecule has 0 radical (unpaired) electrons. The first kappa shape index (κ1) is 16.8. The number of anilines is 4. The molecule has 0 aliphatic heterocycles. The highest BCUT2D eigenvalue weighted by Gasteiger charge is 2.16. The normalized spacial score (nSPS) is 15.8. The predicted molar refractivity (Wildman–Crippen MR) is 96.2 cm³/mol. The molecule has 1 aliphatic carbocycles. The summed E-state index contributed by atoms with van der Waals surface area (Å²) in [6, 6.07) is 4.77. The summed E-state index contributed by atoms with van der Waals surface area (Å²) in [5.41, 5.74) is 7.26. The van der Waals surface area contributed by atoms with Crippen molar-refractivity contribution in [2.24, 2.45) is 0 Å². The number of nitrogen functional groups attached to an aromatic ring is 1. The van der Waals surface area contributed by atoms with Crippen LogP contribution in [-0.4, -0.2) is 16.0 Å². The van der Waals surface area contributed by atoms with Crippen LogP contribution in [0.3, 0.4) is 0 Å². The summed E-state index contributed by atoms with van der Waals surface area (Å²) < 4.78 is 13.3. The van der Waals surface area contributed by atoms with E-state index in [1.807, 2.05) is 0 Å². The van der Waals surface area contributed by atoms with Gasteiger partial charge in [-0.25, -0.2) is 14.4 Å². The first-order chi connectivity index (χ1) is 11.6. The Morgan fingerprint density at radius 2 is 1.79 bits per heavy atom. The molecule has 0 amide bonds. The highest BCUT2D eigenvalue weighted by Crippen LogP contribution is 2.29. The van der Waals surface area contributed by atoms with Crippen molar-refractivity contribution < 1.29 is 4.39 Å². The molecule has 3 rings (SSSR count). The quantitative estimate of drug-likeness (QED) is 0.696. The molecule has 24 heavy (non-hydrogen) atoms. The molecule has 4 N–H and O–H groups in total. The Morgan fingerprint density at radius 3 is 2.50 bits per heavy atom. The van der Waals surface area contributed by atoms with Gasteiger partial charge in [-0.2, -0.15) is 0 Å². The molecule has 128 valence electrons. The second kappa shape index (κ2) is 7.66. The molecule has 7 heteroatoms. The van der Waals surface area contributed by atoms with Crippen LogP contribution in [0.4, 0.5) is 27.4 Å². The lowest BCUT2D eigenvalue weighted by atomic mass is 10.1. The van der Waals surface area contributed by atoms with Crippen LogP contribution in [0.5, 0.6) is 0 Å². The SMILES string of the molecule is Nc1c(Nc2ccc(F)c(Cl)c2)ncnc1NC1CCCCCC1. The second-order valence-corrected chi connectivity index (χ2v) is 6.48. The number of nitrogens with two attached hydrogens (primary N) is 1. The van der Waals surface area contributed by atoms with Crippen LogP contribution < -0.4 is 16.4 Å². The third-order valence-corrected chi connectivity index (χ3v) is 4.55. The van der Waals surface area contributed by atoms with E-state index in [0.29, 0.717) is 29.1 Å². The largest absolute Gasteiger partial charge is 0.393 e. The summed E-state index contributed by atoms with van der Waals surface area (Å²) in [6.45, 7) is 0. The summed E-state index contributed by atoms with van der Waals surface area (Å²) in [6.07, 6.45) is 8.73. The molecule has 1 aromatic heterocycles. The number of benzene rings is 1. The number of halogens is 2. The molecule has 1 aromatic carbocycles. The number of nitrogens with zero attached hydrogens (tertiary/aromatic N) is 2. The van der Waals surface area contributed by atoms with Crippen LogP contribution in [-0.2, 0) is 0 Å². The number of rotatable bonds is 4. The minimum Gasteiger partial charge on any atom is -0.393 e. The lowest BCUT2D eigenvalue weighted by Crippen LogP contribution is -2.20. The summed E-state index contributed by atoms with van der Waals surface area (Å²) in [5, 5.41) is 6.54. The summed E-state index contributed by atoms with van der Waals surface area (Å²) in [4.78, 5) is 8.44. The molecule has 0 saturated heterocycles. The zero-order chi connectivity index (χ0) is 16.9. The predicted octanol–water partition coefficient (Wildman–Crippen LogP) is 4.73. The molecule has 0 bridgehead atoms. The molecule has 5 nitrogen and oxygen atoms in total. The van der Waals surface area contributed by atoms with Crippen molar-refractivity contribution in [3.63, 3.8) is 0 Å². The van der Waals surface area contributed by atoms with Gasteiger partial charge in [0.25, 0.3) is 0 Å². The molecule has 0 unspecified atom stereocenters. The maximum absolute atomic E-state index is 13.3. The van der Waals surface area contributed by atoms with Gasteiger partial charge in [0.2, 0.25) is 0 Å². The maximum atomic E-state index is 13.3. The fraction of sp³-hybridized carbons (Fsp3) is 0.412. The van der Waals surface area contributed by atoms with E-state index < -0.39 is 5.82 Å². The number of hydrogen-bond acceptors (Lipinski definition) is 5. The summed E-state index contributed by atoms with van der Waals surface area (Å²) in [7, 11) is 0. The van der Waals surface area contributed by atoms with E-state index in [1.165, 1.54) is 44.1 Å². The Bertz CT molecular complexity index is 701. The van der Waals surface area contributed by atoms with E-state index in [1.54, 1.807) is 6.07 Å². The van der Waals surface area contributed by atoms with Crippen LogP contribution in [0, 0.1) is 5.82 Å². The van der Waals surface area contributed by atoms with Crippen LogP contribution in [0.1, 0.15) is 38.5 Å². The van der Waals surface area contributed by atoms with Gasteiger partial charge in [0.1, 0.15) is 17.8 Å². The van der Waals surface area contributed by atoms with Gasteiger partial charge < -0.3 is 16.4 Å². The fourth-order valence-corrected chi connectivity index (χ4v) is 3.12. The summed E-state index contributed by atoms with van der Waals surface area (Å²) >= 11 is 5.80. The molecule has 0 spiro atoms. The van der Waals surface area contributed by atoms with Gasteiger partial charge in [-0.15, -0.1) is 0 Å². The number of nitrogens with one attached hydrogen (secondary N) is 2. The molecule has 2 aromatic rings. The molecule has 1 saturated carbocycles. The van der Waals surface area contributed by atoms with Crippen molar-refractivity contribution >= 4 is 34.6 Å². The van der Waals surface area contributed by atoms with Crippen molar-refractivity contribution in [2.45, 2.75) is 44.6 Å². The molecular formula is C17H21ClFN5. The van der Waals surface area contributed by atoms with E-state index in [4.69, 9.17) is 17.3 Å². The van der Waals surface area contributed by atoms with Crippen molar-refractivity contribution in [3.8, 4) is 0 Å². The monoisotopic (exact) mass is 349 g/mol. The first-order valence-electron chi connectivity index (χ1n) is 8.22.